The molecular formula is C24H20N4O3. The largest absolute Gasteiger partial charge is 0.461 e. The number of fused-ring (bicyclic) bond motifs is 2. The number of benzene rings is 2. The minimum Gasteiger partial charge on any atom is -0.461 e. The molecule has 0 aliphatic rings. The topological polar surface area (TPSA) is 92.9 Å². The number of hydrogen-bond acceptors (Lipinski definition) is 4. The molecule has 0 atom stereocenters. The molecule has 0 bridgehead atoms. The number of aryl methyl sites for hydroxylation is 1. The van der Waals surface area contributed by atoms with Crippen molar-refractivity contribution in [3.63, 3.8) is 0 Å². The maximum atomic E-state index is 12.7. The number of rotatable bonds is 5. The fraction of sp³-hybridized carbons (Fsp3) is 0.125. The van der Waals surface area contributed by atoms with E-state index in [0.29, 0.717) is 29.7 Å². The molecule has 31 heavy (non-hydrogen) atoms. The number of imidazole rings is 1. The zero-order valence-corrected chi connectivity index (χ0v) is 16.9. The van der Waals surface area contributed by atoms with Crippen molar-refractivity contribution >= 4 is 28.0 Å². The molecule has 0 aliphatic carbocycles. The summed E-state index contributed by atoms with van der Waals surface area (Å²) in [6, 6.07) is 19.1. The second-order valence-corrected chi connectivity index (χ2v) is 7.42. The van der Waals surface area contributed by atoms with Gasteiger partial charge in [-0.2, -0.15) is 0 Å². The fourth-order valence-corrected chi connectivity index (χ4v) is 3.66. The number of nitrogens with one attached hydrogen (secondary N) is 2. The van der Waals surface area contributed by atoms with Gasteiger partial charge in [0, 0.05) is 42.7 Å². The molecule has 7 heteroatoms. The number of para-hydroxylation sites is 1. The summed E-state index contributed by atoms with van der Waals surface area (Å²) in [5.41, 5.74) is 4.13. The van der Waals surface area contributed by atoms with Gasteiger partial charge >= 0.3 is 5.69 Å². The highest BCUT2D eigenvalue weighted by atomic mass is 16.3. The van der Waals surface area contributed by atoms with Crippen molar-refractivity contribution < 1.29 is 9.21 Å². The van der Waals surface area contributed by atoms with E-state index in [0.717, 1.165) is 27.9 Å². The number of aromatic nitrogens is 3. The van der Waals surface area contributed by atoms with Crippen LogP contribution in [0.2, 0.25) is 0 Å². The molecule has 7 nitrogen and oxygen atoms in total. The van der Waals surface area contributed by atoms with Crippen LogP contribution in [0.4, 0.5) is 0 Å². The van der Waals surface area contributed by atoms with Crippen LogP contribution in [0.1, 0.15) is 16.1 Å². The van der Waals surface area contributed by atoms with Crippen LogP contribution < -0.4 is 11.0 Å². The van der Waals surface area contributed by atoms with Gasteiger partial charge in [-0.05, 0) is 35.9 Å². The van der Waals surface area contributed by atoms with Gasteiger partial charge < -0.3 is 9.73 Å². The molecule has 5 rings (SSSR count). The zero-order valence-electron chi connectivity index (χ0n) is 16.9. The average Bonchev–Trinajstić information content (AvgIpc) is 3.33. The quantitative estimate of drug-likeness (QED) is 0.461. The second-order valence-electron chi connectivity index (χ2n) is 7.42. The SMILES string of the molecule is Cn1c(=O)[nH]c2ncc(-c3cccc(C(=O)NCCc4cc5ccccc5o4)c3)cc21. The Kier molecular flexibility index (Phi) is 4.63. The average molecular weight is 412 g/mol. The summed E-state index contributed by atoms with van der Waals surface area (Å²) >= 11 is 0. The summed E-state index contributed by atoms with van der Waals surface area (Å²) in [5, 5.41) is 4.00. The van der Waals surface area contributed by atoms with Gasteiger partial charge in [0.25, 0.3) is 5.91 Å². The van der Waals surface area contributed by atoms with Gasteiger partial charge in [-0.1, -0.05) is 30.3 Å². The lowest BCUT2D eigenvalue weighted by Gasteiger charge is -2.07. The molecule has 0 spiro atoms. The number of aromatic amines is 1. The third kappa shape index (κ3) is 3.61. The van der Waals surface area contributed by atoms with Crippen molar-refractivity contribution in [2.45, 2.75) is 6.42 Å². The number of carbonyl (C=O) groups is 1. The van der Waals surface area contributed by atoms with Crippen molar-refractivity contribution in [1.29, 1.82) is 0 Å². The monoisotopic (exact) mass is 412 g/mol. The normalized spacial score (nSPS) is 11.3. The van der Waals surface area contributed by atoms with E-state index >= 15 is 0 Å². The number of H-pyrrole nitrogens is 1. The van der Waals surface area contributed by atoms with E-state index < -0.39 is 0 Å². The number of nitrogens with zero attached hydrogens (tertiary/aromatic N) is 2. The zero-order chi connectivity index (χ0) is 21.4. The van der Waals surface area contributed by atoms with Crippen LogP contribution in [0.15, 0.2) is 76.1 Å². The molecule has 2 N–H and O–H groups in total. The first kappa shape index (κ1) is 18.9. The van der Waals surface area contributed by atoms with Crippen LogP contribution in [0.5, 0.6) is 0 Å². The van der Waals surface area contributed by atoms with Crippen LogP contribution in [0.3, 0.4) is 0 Å². The van der Waals surface area contributed by atoms with E-state index in [1.165, 1.54) is 4.57 Å². The summed E-state index contributed by atoms with van der Waals surface area (Å²) in [7, 11) is 1.69. The van der Waals surface area contributed by atoms with Gasteiger partial charge in [0.05, 0.1) is 5.52 Å². The maximum Gasteiger partial charge on any atom is 0.327 e. The highest BCUT2D eigenvalue weighted by molar-refractivity contribution is 5.95. The highest BCUT2D eigenvalue weighted by Gasteiger charge is 2.10. The summed E-state index contributed by atoms with van der Waals surface area (Å²) in [5.74, 6) is 0.688. The van der Waals surface area contributed by atoms with E-state index in [9.17, 15) is 9.59 Å². The number of amides is 1. The van der Waals surface area contributed by atoms with Crippen LogP contribution in [-0.4, -0.2) is 27.0 Å². The van der Waals surface area contributed by atoms with Crippen LogP contribution in [0, 0.1) is 0 Å². The molecule has 0 fully saturated rings. The Hall–Kier alpha value is -4.13. The molecule has 0 aliphatic heterocycles. The van der Waals surface area contributed by atoms with Crippen LogP contribution in [-0.2, 0) is 13.5 Å². The first-order valence-corrected chi connectivity index (χ1v) is 9.99. The molecule has 0 radical (unpaired) electrons. The smallest absolute Gasteiger partial charge is 0.327 e. The molecule has 2 aromatic carbocycles. The Morgan fingerprint density at radius 3 is 2.84 bits per heavy atom. The second kappa shape index (κ2) is 7.60. The highest BCUT2D eigenvalue weighted by Crippen LogP contribution is 2.23. The Balaban J connectivity index is 1.30. The molecular weight excluding hydrogens is 392 g/mol. The number of hydrogen-bond donors (Lipinski definition) is 2. The van der Waals surface area contributed by atoms with Gasteiger partial charge in [-0.3, -0.25) is 14.3 Å². The van der Waals surface area contributed by atoms with Gasteiger partial charge in [0.2, 0.25) is 0 Å². The van der Waals surface area contributed by atoms with Crippen molar-refractivity contribution in [3.8, 4) is 11.1 Å². The first-order chi connectivity index (χ1) is 15.1. The fourth-order valence-electron chi connectivity index (χ4n) is 3.66. The lowest BCUT2D eigenvalue weighted by Crippen LogP contribution is -2.25. The third-order valence-electron chi connectivity index (χ3n) is 5.35. The van der Waals surface area contributed by atoms with Gasteiger partial charge in [-0.25, -0.2) is 9.78 Å². The molecule has 3 aromatic heterocycles. The third-order valence-corrected chi connectivity index (χ3v) is 5.35. The van der Waals surface area contributed by atoms with Crippen LogP contribution >= 0.6 is 0 Å². The summed E-state index contributed by atoms with van der Waals surface area (Å²) in [6.07, 6.45) is 2.30. The van der Waals surface area contributed by atoms with Crippen molar-refractivity contribution in [2.75, 3.05) is 6.54 Å². The van der Waals surface area contributed by atoms with E-state index in [1.54, 1.807) is 19.3 Å². The van der Waals surface area contributed by atoms with Crippen molar-refractivity contribution in [3.05, 3.63) is 88.7 Å². The maximum absolute atomic E-state index is 12.7. The van der Waals surface area contributed by atoms with E-state index in [-0.39, 0.29) is 11.6 Å². The molecule has 0 saturated heterocycles. The minimum absolute atomic E-state index is 0.152. The standard InChI is InChI=1S/C24H20N4O3/c1-28-20-13-18(14-26-22(20)27-24(28)30)15-6-4-7-17(11-15)23(29)25-10-9-19-12-16-5-2-3-8-21(16)31-19/h2-8,11-14H,9-10H2,1H3,(H,25,29)(H,26,27,30). The van der Waals surface area contributed by atoms with Crippen molar-refractivity contribution in [2.24, 2.45) is 7.05 Å². The van der Waals surface area contributed by atoms with E-state index in [1.807, 2.05) is 54.6 Å². The molecule has 154 valence electrons. The Labute approximate surface area is 177 Å². The lowest BCUT2D eigenvalue weighted by atomic mass is 10.0. The summed E-state index contributed by atoms with van der Waals surface area (Å²) < 4.78 is 7.31. The van der Waals surface area contributed by atoms with Crippen LogP contribution in [0.25, 0.3) is 33.3 Å². The van der Waals surface area contributed by atoms with Crippen molar-refractivity contribution in [1.82, 2.24) is 19.9 Å². The number of carbonyl (C=O) groups excluding carboxylic acids is 1. The van der Waals surface area contributed by atoms with Gasteiger partial charge in [-0.15, -0.1) is 0 Å². The molecule has 1 amide bonds. The van der Waals surface area contributed by atoms with E-state index in [2.05, 4.69) is 15.3 Å². The Morgan fingerprint density at radius 1 is 1.10 bits per heavy atom. The molecule has 5 aromatic rings. The lowest BCUT2D eigenvalue weighted by molar-refractivity contribution is 0.0954. The Morgan fingerprint density at radius 2 is 1.97 bits per heavy atom. The summed E-state index contributed by atoms with van der Waals surface area (Å²) in [4.78, 5) is 31.5. The first-order valence-electron chi connectivity index (χ1n) is 9.99. The predicted octanol–water partition coefficient (Wildman–Crippen LogP) is 3.65. The number of pyridine rings is 1. The van der Waals surface area contributed by atoms with Gasteiger partial charge in [0.1, 0.15) is 11.3 Å². The Bertz CT molecular complexity index is 1440. The number of furan rings is 1. The van der Waals surface area contributed by atoms with E-state index in [4.69, 9.17) is 4.42 Å². The molecule has 3 heterocycles. The predicted molar refractivity (Wildman–Crippen MR) is 119 cm³/mol. The summed E-state index contributed by atoms with van der Waals surface area (Å²) in [6.45, 7) is 0.474. The minimum atomic E-state index is -0.211. The molecule has 0 unspecified atom stereocenters. The van der Waals surface area contributed by atoms with Gasteiger partial charge in [0.15, 0.2) is 5.65 Å². The molecule has 0 saturated carbocycles.